The van der Waals surface area contributed by atoms with Crippen molar-refractivity contribution >= 4 is 16.8 Å². The second-order valence-corrected chi connectivity index (χ2v) is 5.03. The maximum atomic E-state index is 4.22. The van der Waals surface area contributed by atoms with Crippen molar-refractivity contribution in [3.8, 4) is 11.3 Å². The van der Waals surface area contributed by atoms with Gasteiger partial charge in [-0.05, 0) is 29.3 Å². The van der Waals surface area contributed by atoms with E-state index in [1.54, 1.807) is 0 Å². The van der Waals surface area contributed by atoms with Crippen LogP contribution >= 0.6 is 0 Å². The SMILES string of the molecule is C=Cc1cnc[n+](C)c1-c1cc2ccccc2cc1C. The van der Waals surface area contributed by atoms with E-state index in [-0.39, 0.29) is 0 Å². The summed E-state index contributed by atoms with van der Waals surface area (Å²) in [6.07, 6.45) is 5.55. The molecule has 0 amide bonds. The molecule has 2 heteroatoms. The van der Waals surface area contributed by atoms with Gasteiger partial charge in [0.1, 0.15) is 5.69 Å². The van der Waals surface area contributed by atoms with Crippen LogP contribution in [0.1, 0.15) is 11.1 Å². The van der Waals surface area contributed by atoms with Gasteiger partial charge < -0.3 is 0 Å². The second-order valence-electron chi connectivity index (χ2n) is 5.03. The Morgan fingerprint density at radius 1 is 1.15 bits per heavy atom. The lowest BCUT2D eigenvalue weighted by Gasteiger charge is -2.10. The van der Waals surface area contributed by atoms with Gasteiger partial charge in [0, 0.05) is 5.56 Å². The van der Waals surface area contributed by atoms with E-state index in [0.717, 1.165) is 11.3 Å². The van der Waals surface area contributed by atoms with Gasteiger partial charge in [0.15, 0.2) is 6.20 Å². The van der Waals surface area contributed by atoms with Crippen molar-refractivity contribution in [2.24, 2.45) is 7.05 Å². The molecule has 2 nitrogen and oxygen atoms in total. The Labute approximate surface area is 119 Å². The van der Waals surface area contributed by atoms with Crippen LogP contribution < -0.4 is 4.57 Å². The van der Waals surface area contributed by atoms with E-state index in [9.17, 15) is 0 Å². The molecule has 1 heterocycles. The average Bonchev–Trinajstić information content (AvgIpc) is 2.46. The molecule has 98 valence electrons. The molecule has 1 aromatic heterocycles. The highest BCUT2D eigenvalue weighted by molar-refractivity contribution is 5.89. The summed E-state index contributed by atoms with van der Waals surface area (Å²) >= 11 is 0. The van der Waals surface area contributed by atoms with E-state index in [4.69, 9.17) is 0 Å². The van der Waals surface area contributed by atoms with Gasteiger partial charge >= 0.3 is 0 Å². The first-order valence-electron chi connectivity index (χ1n) is 6.66. The van der Waals surface area contributed by atoms with Gasteiger partial charge in [0.2, 0.25) is 0 Å². The first-order chi connectivity index (χ1) is 9.70. The zero-order valence-electron chi connectivity index (χ0n) is 11.8. The molecular weight excluding hydrogens is 244 g/mol. The minimum atomic E-state index is 1.05. The van der Waals surface area contributed by atoms with Crippen LogP contribution in [-0.2, 0) is 7.05 Å². The predicted molar refractivity (Wildman–Crippen MR) is 83.2 cm³/mol. The Bertz CT molecular complexity index is 804. The van der Waals surface area contributed by atoms with Crippen molar-refractivity contribution in [3.63, 3.8) is 0 Å². The third kappa shape index (κ3) is 1.99. The summed E-state index contributed by atoms with van der Waals surface area (Å²) in [5.74, 6) is 0. The van der Waals surface area contributed by atoms with E-state index >= 15 is 0 Å². The number of aryl methyl sites for hydroxylation is 2. The van der Waals surface area contributed by atoms with Crippen LogP contribution in [0.3, 0.4) is 0 Å². The minimum Gasteiger partial charge on any atom is -0.232 e. The molecule has 0 aliphatic rings. The lowest BCUT2D eigenvalue weighted by Crippen LogP contribution is -2.32. The standard InChI is InChI=1S/C18H17N2/c1-4-14-11-19-12-20(3)18(14)17-10-16-8-6-5-7-15(16)9-13(17)2/h4-12H,1H2,2-3H3/q+1. The monoisotopic (exact) mass is 261 g/mol. The maximum absolute atomic E-state index is 4.22. The molecular formula is C18H17N2+. The number of fused-ring (bicyclic) bond motifs is 1. The third-order valence-corrected chi connectivity index (χ3v) is 3.65. The highest BCUT2D eigenvalue weighted by atomic mass is 15.0. The van der Waals surface area contributed by atoms with Crippen molar-refractivity contribution in [2.45, 2.75) is 6.92 Å². The fourth-order valence-electron chi connectivity index (χ4n) is 2.64. The summed E-state index contributed by atoms with van der Waals surface area (Å²) < 4.78 is 2.05. The van der Waals surface area contributed by atoms with Crippen molar-refractivity contribution in [3.05, 3.63) is 66.6 Å². The summed E-state index contributed by atoms with van der Waals surface area (Å²) in [5.41, 5.74) is 4.68. The minimum absolute atomic E-state index is 1.05. The Morgan fingerprint density at radius 3 is 2.55 bits per heavy atom. The topological polar surface area (TPSA) is 16.8 Å². The maximum Gasteiger partial charge on any atom is 0.286 e. The first-order valence-corrected chi connectivity index (χ1v) is 6.66. The van der Waals surface area contributed by atoms with Crippen LogP contribution in [0.4, 0.5) is 0 Å². The molecule has 0 saturated heterocycles. The number of aromatic nitrogens is 2. The molecule has 0 fully saturated rings. The van der Waals surface area contributed by atoms with E-state index < -0.39 is 0 Å². The normalized spacial score (nSPS) is 10.7. The molecule has 3 rings (SSSR count). The van der Waals surface area contributed by atoms with Gasteiger partial charge in [-0.1, -0.05) is 48.0 Å². The second kappa shape index (κ2) is 4.89. The van der Waals surface area contributed by atoms with Crippen LogP contribution in [0.2, 0.25) is 0 Å². The average molecular weight is 261 g/mol. The molecule has 3 aromatic rings. The molecule has 0 bridgehead atoms. The lowest BCUT2D eigenvalue weighted by atomic mass is 9.97. The van der Waals surface area contributed by atoms with E-state index in [0.29, 0.717) is 0 Å². The van der Waals surface area contributed by atoms with Crippen molar-refractivity contribution in [2.75, 3.05) is 0 Å². The summed E-state index contributed by atoms with van der Waals surface area (Å²) in [6.45, 7) is 6.04. The molecule has 0 aliphatic heterocycles. The Balaban J connectivity index is 2.35. The van der Waals surface area contributed by atoms with Gasteiger partial charge in [-0.25, -0.2) is 4.57 Å². The quantitative estimate of drug-likeness (QED) is 0.643. The van der Waals surface area contributed by atoms with Gasteiger partial charge in [-0.2, -0.15) is 0 Å². The van der Waals surface area contributed by atoms with E-state index in [2.05, 4.69) is 54.9 Å². The number of benzene rings is 2. The molecule has 0 saturated carbocycles. The zero-order valence-corrected chi connectivity index (χ0v) is 11.8. The molecule has 0 radical (unpaired) electrons. The number of nitrogens with zero attached hydrogens (tertiary/aromatic N) is 2. The van der Waals surface area contributed by atoms with Crippen LogP contribution in [0, 0.1) is 6.92 Å². The van der Waals surface area contributed by atoms with Crippen LogP contribution in [0.5, 0.6) is 0 Å². The van der Waals surface area contributed by atoms with Gasteiger partial charge in [0.25, 0.3) is 6.33 Å². The van der Waals surface area contributed by atoms with E-state index in [1.165, 1.54) is 21.9 Å². The van der Waals surface area contributed by atoms with Crippen LogP contribution in [0.25, 0.3) is 28.1 Å². The third-order valence-electron chi connectivity index (χ3n) is 3.65. The largest absolute Gasteiger partial charge is 0.286 e. The summed E-state index contributed by atoms with van der Waals surface area (Å²) in [4.78, 5) is 4.22. The molecule has 0 unspecified atom stereocenters. The smallest absolute Gasteiger partial charge is 0.232 e. The Morgan fingerprint density at radius 2 is 1.85 bits per heavy atom. The zero-order chi connectivity index (χ0) is 14.1. The summed E-state index contributed by atoms with van der Waals surface area (Å²) in [7, 11) is 2.02. The lowest BCUT2D eigenvalue weighted by molar-refractivity contribution is -0.663. The fraction of sp³-hybridized carbons (Fsp3) is 0.111. The molecule has 0 atom stereocenters. The highest BCUT2D eigenvalue weighted by Gasteiger charge is 2.15. The molecule has 0 N–H and O–H groups in total. The summed E-state index contributed by atoms with van der Waals surface area (Å²) in [5, 5.41) is 2.52. The fourth-order valence-corrected chi connectivity index (χ4v) is 2.64. The Hall–Kier alpha value is -2.48. The van der Waals surface area contributed by atoms with Crippen molar-refractivity contribution in [1.82, 2.24) is 4.98 Å². The number of hydrogen-bond donors (Lipinski definition) is 0. The summed E-state index contributed by atoms with van der Waals surface area (Å²) in [6, 6.07) is 12.9. The number of hydrogen-bond acceptors (Lipinski definition) is 1. The van der Waals surface area contributed by atoms with Gasteiger partial charge in [-0.15, -0.1) is 0 Å². The van der Waals surface area contributed by atoms with Gasteiger partial charge in [-0.3, -0.25) is 0 Å². The molecule has 0 aliphatic carbocycles. The molecule has 20 heavy (non-hydrogen) atoms. The van der Waals surface area contributed by atoms with E-state index in [1.807, 2.05) is 30.2 Å². The van der Waals surface area contributed by atoms with Gasteiger partial charge in [0.05, 0.1) is 12.6 Å². The van der Waals surface area contributed by atoms with Crippen molar-refractivity contribution < 1.29 is 4.57 Å². The van der Waals surface area contributed by atoms with Crippen LogP contribution in [-0.4, -0.2) is 4.98 Å². The van der Waals surface area contributed by atoms with Crippen LogP contribution in [0.15, 0.2) is 55.5 Å². The van der Waals surface area contributed by atoms with Crippen molar-refractivity contribution in [1.29, 1.82) is 0 Å². The number of rotatable bonds is 2. The predicted octanol–water partition coefficient (Wildman–Crippen LogP) is 3.68. The molecule has 0 spiro atoms. The highest BCUT2D eigenvalue weighted by Crippen LogP contribution is 2.28. The first kappa shape index (κ1) is 12.5. The molecule has 2 aromatic carbocycles. The Kier molecular flexibility index (Phi) is 3.07.